The van der Waals surface area contributed by atoms with Crippen molar-refractivity contribution < 1.29 is 9.42 Å². The second kappa shape index (κ2) is 6.86. The second-order valence-electron chi connectivity index (χ2n) is 5.74. The first-order valence-corrected chi connectivity index (χ1v) is 7.21. The molecule has 21 heavy (non-hydrogen) atoms. The minimum Gasteiger partial charge on any atom is -0.379 e. The minimum absolute atomic E-state index is 0.0375. The Hall–Kier alpha value is -1.67. The van der Waals surface area contributed by atoms with Crippen molar-refractivity contribution in [3.63, 3.8) is 0 Å². The summed E-state index contributed by atoms with van der Waals surface area (Å²) < 4.78 is 4.46. The molecule has 0 saturated carbocycles. The number of nitrogen functional groups attached to an aromatic ring is 1. The SMILES string of the molecule is CN1CCC(N(C)CCN(C)C(=O)c2nonc2N)CC1. The summed E-state index contributed by atoms with van der Waals surface area (Å²) in [5, 5.41) is 6.97. The third-order valence-corrected chi connectivity index (χ3v) is 4.16. The molecular weight excluding hydrogens is 272 g/mol. The Bertz CT molecular complexity index is 469. The number of hydrogen-bond acceptors (Lipinski definition) is 7. The van der Waals surface area contributed by atoms with E-state index in [1.54, 1.807) is 11.9 Å². The third-order valence-electron chi connectivity index (χ3n) is 4.16. The molecule has 0 radical (unpaired) electrons. The van der Waals surface area contributed by atoms with Gasteiger partial charge in [0.2, 0.25) is 11.5 Å². The summed E-state index contributed by atoms with van der Waals surface area (Å²) in [5.41, 5.74) is 5.62. The smallest absolute Gasteiger partial charge is 0.279 e. The quantitative estimate of drug-likeness (QED) is 0.801. The number of hydrogen-bond donors (Lipinski definition) is 1. The van der Waals surface area contributed by atoms with Gasteiger partial charge in [-0.2, -0.15) is 0 Å². The first-order valence-electron chi connectivity index (χ1n) is 7.21. The maximum atomic E-state index is 12.1. The van der Waals surface area contributed by atoms with E-state index in [-0.39, 0.29) is 17.4 Å². The molecule has 0 bridgehead atoms. The lowest BCUT2D eigenvalue weighted by molar-refractivity contribution is 0.0748. The van der Waals surface area contributed by atoms with Gasteiger partial charge in [-0.15, -0.1) is 0 Å². The van der Waals surface area contributed by atoms with E-state index in [4.69, 9.17) is 5.73 Å². The number of carbonyl (C=O) groups is 1. The zero-order chi connectivity index (χ0) is 15.4. The number of likely N-dealkylation sites (tertiary alicyclic amines) is 1. The third kappa shape index (κ3) is 3.92. The predicted octanol–water partition coefficient (Wildman–Crippen LogP) is -0.250. The molecule has 1 fully saturated rings. The number of likely N-dealkylation sites (N-methyl/N-ethyl adjacent to an activating group) is 2. The van der Waals surface area contributed by atoms with Crippen LogP contribution >= 0.6 is 0 Å². The summed E-state index contributed by atoms with van der Waals surface area (Å²) in [6.45, 7) is 3.70. The van der Waals surface area contributed by atoms with Crippen LogP contribution in [-0.4, -0.2) is 84.3 Å². The molecule has 1 aromatic heterocycles. The highest BCUT2D eigenvalue weighted by Crippen LogP contribution is 2.14. The van der Waals surface area contributed by atoms with Crippen LogP contribution in [0.25, 0.3) is 0 Å². The van der Waals surface area contributed by atoms with Gasteiger partial charge in [0.15, 0.2) is 0 Å². The van der Waals surface area contributed by atoms with E-state index in [9.17, 15) is 4.79 Å². The number of amides is 1. The lowest BCUT2D eigenvalue weighted by atomic mass is 10.0. The summed E-state index contributed by atoms with van der Waals surface area (Å²) in [6, 6.07) is 0.587. The molecule has 0 spiro atoms. The normalized spacial score (nSPS) is 17.3. The number of aromatic nitrogens is 2. The Morgan fingerprint density at radius 3 is 2.57 bits per heavy atom. The molecule has 118 valence electrons. The van der Waals surface area contributed by atoms with E-state index in [0.717, 1.165) is 19.6 Å². The van der Waals surface area contributed by atoms with Crippen LogP contribution in [0.1, 0.15) is 23.3 Å². The molecule has 1 aliphatic rings. The summed E-state index contributed by atoms with van der Waals surface area (Å²) in [6.07, 6.45) is 2.34. The van der Waals surface area contributed by atoms with Crippen molar-refractivity contribution in [2.75, 3.05) is 53.1 Å². The summed E-state index contributed by atoms with van der Waals surface area (Å²) >= 11 is 0. The average Bonchev–Trinajstić information content (AvgIpc) is 2.90. The molecule has 8 heteroatoms. The number of anilines is 1. The highest BCUT2D eigenvalue weighted by molar-refractivity contribution is 5.95. The molecule has 1 amide bonds. The maximum Gasteiger partial charge on any atom is 0.279 e. The largest absolute Gasteiger partial charge is 0.379 e. The standard InChI is InChI=1S/C13H24N6O2/c1-17-6-4-10(5-7-17)18(2)8-9-19(3)13(20)11-12(14)16-21-15-11/h10H,4-9H2,1-3H3,(H2,14,16). The van der Waals surface area contributed by atoms with Crippen molar-refractivity contribution >= 4 is 11.7 Å². The molecule has 0 aliphatic carbocycles. The monoisotopic (exact) mass is 296 g/mol. The van der Waals surface area contributed by atoms with Crippen molar-refractivity contribution in [3.05, 3.63) is 5.69 Å². The number of nitrogens with zero attached hydrogens (tertiary/aromatic N) is 5. The van der Waals surface area contributed by atoms with Crippen LogP contribution in [0.4, 0.5) is 5.82 Å². The van der Waals surface area contributed by atoms with Gasteiger partial charge in [0, 0.05) is 26.2 Å². The molecule has 1 aromatic rings. The van der Waals surface area contributed by atoms with Gasteiger partial charge in [-0.3, -0.25) is 4.79 Å². The van der Waals surface area contributed by atoms with E-state index >= 15 is 0 Å². The topological polar surface area (TPSA) is 91.7 Å². The van der Waals surface area contributed by atoms with Gasteiger partial charge in [0.05, 0.1) is 0 Å². The lowest BCUT2D eigenvalue weighted by Gasteiger charge is -2.35. The number of nitrogens with two attached hydrogens (primary N) is 1. The Morgan fingerprint density at radius 1 is 1.33 bits per heavy atom. The molecule has 2 rings (SSSR count). The zero-order valence-corrected chi connectivity index (χ0v) is 12.9. The van der Waals surface area contributed by atoms with Crippen molar-refractivity contribution in [3.8, 4) is 0 Å². The van der Waals surface area contributed by atoms with Crippen molar-refractivity contribution in [1.29, 1.82) is 0 Å². The van der Waals surface area contributed by atoms with E-state index in [1.165, 1.54) is 12.8 Å². The lowest BCUT2D eigenvalue weighted by Crippen LogP contribution is -2.44. The molecule has 1 aliphatic heterocycles. The number of piperidine rings is 1. The van der Waals surface area contributed by atoms with Gasteiger partial charge in [0.1, 0.15) is 0 Å². The Labute approximate surface area is 124 Å². The summed E-state index contributed by atoms with van der Waals surface area (Å²) in [5.74, 6) is -0.221. The van der Waals surface area contributed by atoms with Gasteiger partial charge in [-0.25, -0.2) is 4.63 Å². The van der Waals surface area contributed by atoms with Crippen LogP contribution < -0.4 is 5.73 Å². The molecule has 2 N–H and O–H groups in total. The van der Waals surface area contributed by atoms with Gasteiger partial charge >= 0.3 is 0 Å². The minimum atomic E-state index is -0.259. The van der Waals surface area contributed by atoms with E-state index in [1.807, 2.05) is 0 Å². The highest BCUT2D eigenvalue weighted by atomic mass is 16.6. The fourth-order valence-electron chi connectivity index (χ4n) is 2.55. The van der Waals surface area contributed by atoms with Crippen molar-refractivity contribution in [1.82, 2.24) is 25.0 Å². The van der Waals surface area contributed by atoms with Gasteiger partial charge in [-0.1, -0.05) is 0 Å². The maximum absolute atomic E-state index is 12.1. The fraction of sp³-hybridized carbons (Fsp3) is 0.769. The Morgan fingerprint density at radius 2 is 2.00 bits per heavy atom. The number of rotatable bonds is 5. The Kier molecular flexibility index (Phi) is 5.13. The zero-order valence-electron chi connectivity index (χ0n) is 12.9. The molecule has 0 unspecified atom stereocenters. The first kappa shape index (κ1) is 15.7. The summed E-state index contributed by atoms with van der Waals surface area (Å²) in [7, 11) is 6.00. The van der Waals surface area contributed by atoms with Crippen LogP contribution in [-0.2, 0) is 0 Å². The van der Waals surface area contributed by atoms with Gasteiger partial charge in [-0.05, 0) is 50.3 Å². The van der Waals surface area contributed by atoms with Crippen molar-refractivity contribution in [2.45, 2.75) is 18.9 Å². The van der Waals surface area contributed by atoms with Crippen LogP contribution in [0.15, 0.2) is 4.63 Å². The summed E-state index contributed by atoms with van der Waals surface area (Å²) in [4.78, 5) is 18.4. The van der Waals surface area contributed by atoms with Crippen molar-refractivity contribution in [2.24, 2.45) is 0 Å². The predicted molar refractivity (Wildman–Crippen MR) is 78.8 cm³/mol. The average molecular weight is 296 g/mol. The molecule has 0 aromatic carbocycles. The molecule has 0 atom stereocenters. The van der Waals surface area contributed by atoms with E-state index < -0.39 is 0 Å². The van der Waals surface area contributed by atoms with Crippen LogP contribution in [0.2, 0.25) is 0 Å². The van der Waals surface area contributed by atoms with Crippen LogP contribution in [0.3, 0.4) is 0 Å². The first-order chi connectivity index (χ1) is 9.99. The second-order valence-corrected chi connectivity index (χ2v) is 5.74. The fourth-order valence-corrected chi connectivity index (χ4v) is 2.55. The molecule has 1 saturated heterocycles. The van der Waals surface area contributed by atoms with Gasteiger partial charge in [0.25, 0.3) is 5.91 Å². The highest BCUT2D eigenvalue weighted by Gasteiger charge is 2.23. The molecule has 8 nitrogen and oxygen atoms in total. The van der Waals surface area contributed by atoms with E-state index in [2.05, 4.69) is 38.8 Å². The molecule has 2 heterocycles. The van der Waals surface area contributed by atoms with Crippen LogP contribution in [0.5, 0.6) is 0 Å². The number of carbonyl (C=O) groups excluding carboxylic acids is 1. The van der Waals surface area contributed by atoms with Gasteiger partial charge < -0.3 is 20.4 Å². The van der Waals surface area contributed by atoms with Crippen LogP contribution in [0, 0.1) is 0 Å². The Balaban J connectivity index is 1.79. The van der Waals surface area contributed by atoms with E-state index in [0.29, 0.717) is 12.6 Å². The molecular formula is C13H24N6O2.